The van der Waals surface area contributed by atoms with Crippen LogP contribution in [0.3, 0.4) is 0 Å². The first-order chi connectivity index (χ1) is 10.1. The summed E-state index contributed by atoms with van der Waals surface area (Å²) in [6, 6.07) is 6.27. The quantitative estimate of drug-likeness (QED) is 0.435. The summed E-state index contributed by atoms with van der Waals surface area (Å²) in [5, 5.41) is 21.1. The molecule has 2 aromatic heterocycles. The van der Waals surface area contributed by atoms with Crippen LogP contribution < -0.4 is 5.32 Å². The maximum Gasteiger partial charge on any atom is 0.269 e. The predicted octanol–water partition coefficient (Wildman–Crippen LogP) is 2.53. The van der Waals surface area contributed by atoms with Gasteiger partial charge in [-0.15, -0.1) is 0 Å². The number of anilines is 1. The Labute approximate surface area is 123 Å². The highest BCUT2D eigenvalue weighted by atomic mass is 35.5. The summed E-state index contributed by atoms with van der Waals surface area (Å²) in [5.41, 5.74) is 1.48. The third-order valence-electron chi connectivity index (χ3n) is 2.89. The highest BCUT2D eigenvalue weighted by molar-refractivity contribution is 6.28. The molecule has 21 heavy (non-hydrogen) atoms. The number of nitrogens with one attached hydrogen (secondary N) is 2. The maximum absolute atomic E-state index is 10.6. The van der Waals surface area contributed by atoms with Crippen molar-refractivity contribution < 1.29 is 4.92 Å². The molecule has 2 heterocycles. The van der Waals surface area contributed by atoms with Gasteiger partial charge in [0.2, 0.25) is 5.28 Å². The second kappa shape index (κ2) is 5.33. The van der Waals surface area contributed by atoms with Gasteiger partial charge in [0.15, 0.2) is 5.65 Å². The predicted molar refractivity (Wildman–Crippen MR) is 77.1 cm³/mol. The number of hydrogen-bond donors (Lipinski definition) is 2. The Morgan fingerprint density at radius 2 is 2.05 bits per heavy atom. The largest absolute Gasteiger partial charge is 0.365 e. The Morgan fingerprint density at radius 1 is 1.29 bits per heavy atom. The van der Waals surface area contributed by atoms with E-state index < -0.39 is 4.92 Å². The molecule has 3 aromatic rings. The summed E-state index contributed by atoms with van der Waals surface area (Å²) in [6.07, 6.45) is 1.60. The Morgan fingerprint density at radius 3 is 2.76 bits per heavy atom. The van der Waals surface area contributed by atoms with Gasteiger partial charge in [0.1, 0.15) is 5.82 Å². The summed E-state index contributed by atoms with van der Waals surface area (Å²) in [5.74, 6) is 0.553. The number of nitro groups is 1. The third kappa shape index (κ3) is 2.75. The van der Waals surface area contributed by atoms with Crippen LogP contribution in [-0.2, 0) is 6.54 Å². The van der Waals surface area contributed by atoms with E-state index in [9.17, 15) is 10.1 Å². The number of aromatic amines is 1. The Bertz CT molecular complexity index is 801. The molecule has 1 aromatic carbocycles. The van der Waals surface area contributed by atoms with E-state index in [1.165, 1.54) is 12.1 Å². The molecule has 0 saturated heterocycles. The highest BCUT2D eigenvalue weighted by Gasteiger charge is 2.09. The van der Waals surface area contributed by atoms with Crippen molar-refractivity contribution in [1.82, 2.24) is 20.2 Å². The van der Waals surface area contributed by atoms with Gasteiger partial charge in [-0.25, -0.2) is 0 Å². The third-order valence-corrected chi connectivity index (χ3v) is 3.06. The number of non-ortho nitro benzene ring substituents is 1. The number of H-pyrrole nitrogens is 1. The zero-order valence-electron chi connectivity index (χ0n) is 10.6. The van der Waals surface area contributed by atoms with Gasteiger partial charge < -0.3 is 5.32 Å². The van der Waals surface area contributed by atoms with E-state index in [1.807, 2.05) is 0 Å². The number of halogens is 1. The fourth-order valence-corrected chi connectivity index (χ4v) is 2.03. The normalized spacial score (nSPS) is 10.7. The molecule has 0 saturated carbocycles. The molecule has 0 radical (unpaired) electrons. The minimum Gasteiger partial charge on any atom is -0.365 e. The summed E-state index contributed by atoms with van der Waals surface area (Å²) in [7, 11) is 0. The van der Waals surface area contributed by atoms with E-state index in [0.29, 0.717) is 18.0 Å². The average molecular weight is 305 g/mol. The van der Waals surface area contributed by atoms with Gasteiger partial charge in [-0.3, -0.25) is 15.2 Å². The number of rotatable bonds is 4. The molecule has 3 rings (SSSR count). The van der Waals surface area contributed by atoms with Crippen molar-refractivity contribution in [2.45, 2.75) is 6.54 Å². The molecule has 0 bridgehead atoms. The lowest BCUT2D eigenvalue weighted by atomic mass is 10.2. The second-order valence-electron chi connectivity index (χ2n) is 4.25. The summed E-state index contributed by atoms with van der Waals surface area (Å²) >= 11 is 5.83. The number of aromatic nitrogens is 4. The minimum atomic E-state index is -0.434. The van der Waals surface area contributed by atoms with E-state index in [1.54, 1.807) is 18.3 Å². The lowest BCUT2D eigenvalue weighted by molar-refractivity contribution is -0.384. The van der Waals surface area contributed by atoms with Crippen LogP contribution in [0, 0.1) is 10.1 Å². The Hall–Kier alpha value is -2.74. The molecule has 0 atom stereocenters. The van der Waals surface area contributed by atoms with Crippen molar-refractivity contribution in [1.29, 1.82) is 0 Å². The first kappa shape index (κ1) is 13.3. The fraction of sp³-hybridized carbons (Fsp3) is 0.0833. The summed E-state index contributed by atoms with van der Waals surface area (Å²) in [4.78, 5) is 18.3. The van der Waals surface area contributed by atoms with Crippen molar-refractivity contribution >= 4 is 34.1 Å². The van der Waals surface area contributed by atoms with Gasteiger partial charge in [-0.05, 0) is 17.2 Å². The monoisotopic (exact) mass is 304 g/mol. The number of fused-ring (bicyclic) bond motifs is 1. The molecule has 106 valence electrons. The van der Waals surface area contributed by atoms with Crippen molar-refractivity contribution in [3.63, 3.8) is 0 Å². The van der Waals surface area contributed by atoms with E-state index >= 15 is 0 Å². The molecule has 0 aliphatic carbocycles. The van der Waals surface area contributed by atoms with Crippen molar-refractivity contribution in [3.8, 4) is 0 Å². The van der Waals surface area contributed by atoms with Crippen molar-refractivity contribution in [3.05, 3.63) is 51.4 Å². The van der Waals surface area contributed by atoms with Crippen LogP contribution in [0.15, 0.2) is 30.5 Å². The van der Waals surface area contributed by atoms with Crippen molar-refractivity contribution in [2.24, 2.45) is 0 Å². The van der Waals surface area contributed by atoms with Crippen LogP contribution in [0.4, 0.5) is 11.5 Å². The molecule has 2 N–H and O–H groups in total. The number of benzene rings is 1. The second-order valence-corrected chi connectivity index (χ2v) is 4.59. The smallest absolute Gasteiger partial charge is 0.269 e. The highest BCUT2D eigenvalue weighted by Crippen LogP contribution is 2.21. The average Bonchev–Trinajstić information content (AvgIpc) is 2.93. The number of hydrogen-bond acceptors (Lipinski definition) is 6. The van der Waals surface area contributed by atoms with Gasteiger partial charge >= 0.3 is 0 Å². The molecular formula is C12H9ClN6O2. The van der Waals surface area contributed by atoms with Gasteiger partial charge in [0.05, 0.1) is 16.5 Å². The van der Waals surface area contributed by atoms with E-state index in [-0.39, 0.29) is 11.0 Å². The van der Waals surface area contributed by atoms with Crippen LogP contribution in [0.2, 0.25) is 5.28 Å². The van der Waals surface area contributed by atoms with Gasteiger partial charge in [0, 0.05) is 18.7 Å². The van der Waals surface area contributed by atoms with Crippen LogP contribution in [0.5, 0.6) is 0 Å². The van der Waals surface area contributed by atoms with E-state index in [4.69, 9.17) is 11.6 Å². The molecule has 0 aliphatic heterocycles. The zero-order chi connectivity index (χ0) is 14.8. The topological polar surface area (TPSA) is 110 Å². The van der Waals surface area contributed by atoms with E-state index in [2.05, 4.69) is 25.5 Å². The molecule has 9 heteroatoms. The molecule has 0 aliphatic rings. The Balaban J connectivity index is 1.80. The molecule has 8 nitrogen and oxygen atoms in total. The number of nitrogens with zero attached hydrogens (tertiary/aromatic N) is 4. The summed E-state index contributed by atoms with van der Waals surface area (Å²) in [6.45, 7) is 0.450. The minimum absolute atomic E-state index is 0.0565. The van der Waals surface area contributed by atoms with Crippen LogP contribution in [0.1, 0.15) is 5.56 Å². The molecule has 0 unspecified atom stereocenters. The van der Waals surface area contributed by atoms with E-state index in [0.717, 1.165) is 10.9 Å². The first-order valence-electron chi connectivity index (χ1n) is 5.97. The molecule has 0 fully saturated rings. The molecular weight excluding hydrogens is 296 g/mol. The van der Waals surface area contributed by atoms with Crippen molar-refractivity contribution in [2.75, 3.05) is 5.32 Å². The van der Waals surface area contributed by atoms with Gasteiger partial charge in [-0.2, -0.15) is 15.1 Å². The lowest BCUT2D eigenvalue weighted by Gasteiger charge is -2.06. The lowest BCUT2D eigenvalue weighted by Crippen LogP contribution is -2.03. The van der Waals surface area contributed by atoms with Crippen LogP contribution in [0.25, 0.3) is 11.0 Å². The summed E-state index contributed by atoms with van der Waals surface area (Å²) < 4.78 is 0. The SMILES string of the molecule is O=[N+]([O-])c1ccc(CNc2nc(Cl)nc3[nH]ncc23)cc1. The molecule has 0 amide bonds. The fourth-order valence-electron chi connectivity index (χ4n) is 1.86. The Kier molecular flexibility index (Phi) is 3.36. The maximum atomic E-state index is 10.6. The first-order valence-corrected chi connectivity index (χ1v) is 6.35. The van der Waals surface area contributed by atoms with Gasteiger partial charge in [-0.1, -0.05) is 12.1 Å². The zero-order valence-corrected chi connectivity index (χ0v) is 11.3. The van der Waals surface area contributed by atoms with Gasteiger partial charge in [0.25, 0.3) is 5.69 Å². The molecule has 0 spiro atoms. The standard InChI is InChI=1S/C12H9ClN6O2/c13-12-16-10(9-6-15-18-11(9)17-12)14-5-7-1-3-8(4-2-7)19(20)21/h1-4,6H,5H2,(H2,14,15,16,17,18). The van der Waals surface area contributed by atoms with Crippen LogP contribution >= 0.6 is 11.6 Å². The van der Waals surface area contributed by atoms with Crippen LogP contribution in [-0.4, -0.2) is 25.1 Å². The number of nitro benzene ring substituents is 1.